The Morgan fingerprint density at radius 3 is 2.21 bits per heavy atom. The van der Waals surface area contributed by atoms with E-state index in [9.17, 15) is 14.4 Å². The molecule has 6 nitrogen and oxygen atoms in total. The topological polar surface area (TPSA) is 78.5 Å². The van der Waals surface area contributed by atoms with E-state index in [1.165, 1.54) is 19.3 Å². The van der Waals surface area contributed by atoms with E-state index < -0.39 is 0 Å². The van der Waals surface area contributed by atoms with Gasteiger partial charge in [-0.2, -0.15) is 0 Å². The lowest BCUT2D eigenvalue weighted by molar-refractivity contribution is -0.127. The summed E-state index contributed by atoms with van der Waals surface area (Å²) < 4.78 is 0. The zero-order valence-electron chi connectivity index (χ0n) is 16.8. The molecular formula is C22H33N3O3. The van der Waals surface area contributed by atoms with Crippen LogP contribution < -0.4 is 26.4 Å². The van der Waals surface area contributed by atoms with Crippen molar-refractivity contribution >= 4 is 17.3 Å². The summed E-state index contributed by atoms with van der Waals surface area (Å²) >= 11 is 0. The number of rotatable bonds is 6. The van der Waals surface area contributed by atoms with Gasteiger partial charge < -0.3 is 15.5 Å². The van der Waals surface area contributed by atoms with Crippen molar-refractivity contribution in [3.05, 3.63) is 20.4 Å². The molecule has 1 aromatic carbocycles. The minimum Gasteiger partial charge on any atom is -0.380 e. The number of carbonyl (C=O) groups excluding carboxylic acids is 1. The summed E-state index contributed by atoms with van der Waals surface area (Å²) in [5.74, 6) is 0.858. The van der Waals surface area contributed by atoms with Gasteiger partial charge in [0.2, 0.25) is 5.91 Å². The number of amides is 1. The van der Waals surface area contributed by atoms with Crippen LogP contribution in [-0.2, 0) is 4.79 Å². The summed E-state index contributed by atoms with van der Waals surface area (Å²) in [4.78, 5) is 38.5. The molecular weight excluding hydrogens is 354 g/mol. The van der Waals surface area contributed by atoms with E-state index in [2.05, 4.69) is 15.5 Å². The van der Waals surface area contributed by atoms with Crippen molar-refractivity contribution in [2.24, 2.45) is 11.8 Å². The van der Waals surface area contributed by atoms with Gasteiger partial charge in [0.15, 0.2) is 0 Å². The third kappa shape index (κ3) is 4.11. The first-order valence-electron chi connectivity index (χ1n) is 11.3. The molecule has 0 atom stereocenters. The van der Waals surface area contributed by atoms with Crippen LogP contribution in [0.15, 0.2) is 9.59 Å². The maximum Gasteiger partial charge on any atom is 0.253 e. The molecule has 28 heavy (non-hydrogen) atoms. The highest BCUT2D eigenvalue weighted by Crippen LogP contribution is 2.31. The van der Waals surface area contributed by atoms with Crippen LogP contribution in [0.25, 0.3) is 0 Å². The van der Waals surface area contributed by atoms with Gasteiger partial charge in [0, 0.05) is 31.6 Å². The molecule has 1 aliphatic heterocycles. The van der Waals surface area contributed by atoms with Crippen LogP contribution in [0, 0.1) is 11.8 Å². The second-order valence-electron chi connectivity index (χ2n) is 9.02. The first-order chi connectivity index (χ1) is 13.6. The third-order valence-electron chi connectivity index (χ3n) is 7.04. The first kappa shape index (κ1) is 19.5. The van der Waals surface area contributed by atoms with Gasteiger partial charge in [0.25, 0.3) is 10.9 Å². The first-order valence-corrected chi connectivity index (χ1v) is 11.3. The lowest BCUT2D eigenvalue weighted by Crippen LogP contribution is -2.43. The van der Waals surface area contributed by atoms with Gasteiger partial charge in [-0.1, -0.05) is 19.3 Å². The number of hydrogen-bond donors (Lipinski definition) is 2. The Morgan fingerprint density at radius 1 is 0.857 bits per heavy atom. The van der Waals surface area contributed by atoms with Gasteiger partial charge in [-0.3, -0.25) is 14.4 Å². The summed E-state index contributed by atoms with van der Waals surface area (Å²) in [6.45, 7) is 2.48. The Balaban J connectivity index is 1.23. The molecule has 0 unspecified atom stereocenters. The maximum absolute atomic E-state index is 12.5. The predicted molar refractivity (Wildman–Crippen MR) is 112 cm³/mol. The Hall–Kier alpha value is -1.85. The lowest BCUT2D eigenvalue weighted by atomic mass is 9.81. The Kier molecular flexibility index (Phi) is 6.02. The summed E-state index contributed by atoms with van der Waals surface area (Å²) in [7, 11) is 0. The monoisotopic (exact) mass is 387 g/mol. The number of nitrogens with zero attached hydrogens (tertiary/aromatic N) is 1. The zero-order valence-corrected chi connectivity index (χ0v) is 16.8. The van der Waals surface area contributed by atoms with Crippen molar-refractivity contribution < 1.29 is 4.79 Å². The molecule has 1 heterocycles. The highest BCUT2D eigenvalue weighted by atomic mass is 16.2. The summed E-state index contributed by atoms with van der Waals surface area (Å²) in [6.07, 6.45) is 12.1. The van der Waals surface area contributed by atoms with Crippen LogP contribution in [0.2, 0.25) is 0 Å². The van der Waals surface area contributed by atoms with Gasteiger partial charge in [-0.25, -0.2) is 0 Å². The van der Waals surface area contributed by atoms with Crippen molar-refractivity contribution in [3.8, 4) is 0 Å². The van der Waals surface area contributed by atoms with E-state index in [1.54, 1.807) is 0 Å². The molecule has 4 rings (SSSR count). The second kappa shape index (κ2) is 8.66. The van der Waals surface area contributed by atoms with Gasteiger partial charge in [-0.15, -0.1) is 0 Å². The van der Waals surface area contributed by atoms with Crippen molar-refractivity contribution in [2.75, 3.05) is 29.9 Å². The maximum atomic E-state index is 12.5. The Labute approximate surface area is 166 Å². The van der Waals surface area contributed by atoms with Gasteiger partial charge >= 0.3 is 0 Å². The van der Waals surface area contributed by atoms with Gasteiger partial charge in [-0.05, 0) is 57.3 Å². The predicted octanol–water partition coefficient (Wildman–Crippen LogP) is 2.55. The van der Waals surface area contributed by atoms with Crippen molar-refractivity contribution in [1.29, 1.82) is 0 Å². The average molecular weight is 388 g/mol. The summed E-state index contributed by atoms with van der Waals surface area (Å²) in [5.41, 5.74) is 0.460. The van der Waals surface area contributed by atoms with E-state index in [-0.39, 0.29) is 22.7 Å². The van der Waals surface area contributed by atoms with Crippen LogP contribution in [0.5, 0.6) is 0 Å². The second-order valence-corrected chi connectivity index (χ2v) is 9.02. The fourth-order valence-corrected chi connectivity index (χ4v) is 5.23. The molecule has 154 valence electrons. The molecule has 0 radical (unpaired) electrons. The van der Waals surface area contributed by atoms with E-state index >= 15 is 0 Å². The fraction of sp³-hybridized carbons (Fsp3) is 0.773. The minimum absolute atomic E-state index is 0.143. The standard InChI is InChI=1S/C22H33N3O3/c26-20-18(19(21(20)27)25-12-4-5-13-25)23-14-15-8-10-16(11-9-15)22(28)24-17-6-2-1-3-7-17/h15-17,23H,1-14H2,(H,24,28). The highest BCUT2D eigenvalue weighted by molar-refractivity contribution is 5.79. The number of anilines is 2. The van der Waals surface area contributed by atoms with Crippen molar-refractivity contribution in [2.45, 2.75) is 76.7 Å². The van der Waals surface area contributed by atoms with Gasteiger partial charge in [0.1, 0.15) is 11.4 Å². The van der Waals surface area contributed by atoms with E-state index in [0.29, 0.717) is 23.3 Å². The molecule has 0 spiro atoms. The average Bonchev–Trinajstić information content (AvgIpc) is 3.25. The van der Waals surface area contributed by atoms with Crippen LogP contribution in [-0.4, -0.2) is 31.6 Å². The van der Waals surface area contributed by atoms with Crippen LogP contribution in [0.3, 0.4) is 0 Å². The van der Waals surface area contributed by atoms with Crippen LogP contribution >= 0.6 is 0 Å². The molecule has 0 bridgehead atoms. The molecule has 1 amide bonds. The number of hydrogen-bond acceptors (Lipinski definition) is 5. The van der Waals surface area contributed by atoms with E-state index in [4.69, 9.17) is 0 Å². The smallest absolute Gasteiger partial charge is 0.253 e. The summed E-state index contributed by atoms with van der Waals surface area (Å²) in [6, 6.07) is 0.388. The highest BCUT2D eigenvalue weighted by Gasteiger charge is 2.30. The molecule has 3 fully saturated rings. The third-order valence-corrected chi connectivity index (χ3v) is 7.04. The molecule has 2 aliphatic carbocycles. The van der Waals surface area contributed by atoms with Crippen LogP contribution in [0.4, 0.5) is 11.4 Å². The largest absolute Gasteiger partial charge is 0.380 e. The Bertz CT molecular complexity index is 748. The fourth-order valence-electron chi connectivity index (χ4n) is 5.23. The normalized spacial score (nSPS) is 26.5. The van der Waals surface area contributed by atoms with E-state index in [1.807, 2.05) is 0 Å². The summed E-state index contributed by atoms with van der Waals surface area (Å²) in [5, 5.41) is 6.54. The quantitative estimate of drug-likeness (QED) is 0.734. The molecule has 2 N–H and O–H groups in total. The number of nitrogens with one attached hydrogen (secondary N) is 2. The molecule has 6 heteroatoms. The molecule has 2 saturated carbocycles. The zero-order chi connectivity index (χ0) is 19.5. The van der Waals surface area contributed by atoms with Crippen molar-refractivity contribution in [3.63, 3.8) is 0 Å². The number of carbonyl (C=O) groups is 1. The van der Waals surface area contributed by atoms with Crippen LogP contribution in [0.1, 0.15) is 70.6 Å². The Morgan fingerprint density at radius 2 is 1.54 bits per heavy atom. The van der Waals surface area contributed by atoms with E-state index in [0.717, 1.165) is 71.0 Å². The lowest BCUT2D eigenvalue weighted by Gasteiger charge is -2.31. The molecule has 3 aliphatic rings. The molecule has 1 aromatic rings. The molecule has 1 saturated heterocycles. The van der Waals surface area contributed by atoms with Gasteiger partial charge in [0.05, 0.1) is 0 Å². The molecule has 0 aromatic heterocycles. The van der Waals surface area contributed by atoms with Crippen molar-refractivity contribution in [1.82, 2.24) is 5.32 Å². The SMILES string of the molecule is O=C(NC1CCCCC1)C1CCC(CNc2c(N3CCCC3)c(=O)c2=O)CC1. The minimum atomic E-state index is -0.359.